The van der Waals surface area contributed by atoms with Gasteiger partial charge in [0.2, 0.25) is 0 Å². The molecule has 2 aliphatic carbocycles. The zero-order valence-electron chi connectivity index (χ0n) is 27.7. The molecule has 47 heavy (non-hydrogen) atoms. The lowest BCUT2D eigenvalue weighted by Gasteiger charge is -2.28. The molecular formula is C42H47F5. The molecule has 0 nitrogen and oxygen atoms in total. The average Bonchev–Trinajstić information content (AvgIpc) is 3.10. The predicted molar refractivity (Wildman–Crippen MR) is 183 cm³/mol. The Morgan fingerprint density at radius 3 is 1.21 bits per heavy atom. The van der Waals surface area contributed by atoms with Gasteiger partial charge >= 0.3 is 0 Å². The summed E-state index contributed by atoms with van der Waals surface area (Å²) in [5.41, 5.74) is 5.40. The molecule has 0 unspecified atom stereocenters. The fraction of sp³-hybridized carbons (Fsp3) is 0.429. The first-order chi connectivity index (χ1) is 22.7. The van der Waals surface area contributed by atoms with E-state index in [1.54, 1.807) is 6.07 Å². The summed E-state index contributed by atoms with van der Waals surface area (Å²) in [5, 5.41) is 0. The third kappa shape index (κ3) is 9.12. The third-order valence-corrected chi connectivity index (χ3v) is 10.4. The summed E-state index contributed by atoms with van der Waals surface area (Å²) < 4.78 is 66.2. The molecule has 250 valence electrons. The Hall–Kier alpha value is -3.47. The fourth-order valence-corrected chi connectivity index (χ4v) is 7.68. The molecule has 6 rings (SSSR count). The molecule has 0 atom stereocenters. The summed E-state index contributed by atoms with van der Waals surface area (Å²) in [6.45, 7) is 4.51. The lowest BCUT2D eigenvalue weighted by molar-refractivity contribution is 0.308. The first kappa shape index (κ1) is 34.9. The van der Waals surface area contributed by atoms with E-state index in [4.69, 9.17) is 0 Å². The van der Waals surface area contributed by atoms with Crippen LogP contribution in [-0.4, -0.2) is 0 Å². The van der Waals surface area contributed by atoms with Gasteiger partial charge in [0.15, 0.2) is 29.1 Å². The van der Waals surface area contributed by atoms with Crippen LogP contribution >= 0.6 is 0 Å². The van der Waals surface area contributed by atoms with E-state index < -0.39 is 29.1 Å². The van der Waals surface area contributed by atoms with Crippen LogP contribution in [-0.2, 0) is 0 Å². The standard InChI is InChI=1S/C21H23F3.C21H24F2/c1-2-3-14-4-6-15(7-5-14)16-8-10-17(11-9-16)18-12-19(22)21(24)20(23)13-18;1-2-3-15-4-6-16(7-5-15)17-8-10-18(11-9-17)19-12-13-20(22)21(23)14-19/h8-15H,2-7H2,1H3;8-16H,2-7H2,1H3. The molecule has 0 saturated heterocycles. The highest BCUT2D eigenvalue weighted by Crippen LogP contribution is 2.39. The van der Waals surface area contributed by atoms with E-state index in [2.05, 4.69) is 26.0 Å². The van der Waals surface area contributed by atoms with E-state index in [9.17, 15) is 22.0 Å². The molecule has 0 spiro atoms. The van der Waals surface area contributed by atoms with Crippen molar-refractivity contribution in [2.24, 2.45) is 11.8 Å². The Kier molecular flexibility index (Phi) is 12.3. The second-order valence-electron chi connectivity index (χ2n) is 13.6. The Morgan fingerprint density at radius 2 is 0.809 bits per heavy atom. The molecule has 0 amide bonds. The minimum atomic E-state index is -1.42. The fourth-order valence-electron chi connectivity index (χ4n) is 7.68. The van der Waals surface area contributed by atoms with Gasteiger partial charge in [-0.1, -0.05) is 94.1 Å². The van der Waals surface area contributed by atoms with Crippen molar-refractivity contribution in [1.82, 2.24) is 0 Å². The Labute approximate surface area is 277 Å². The van der Waals surface area contributed by atoms with Crippen molar-refractivity contribution in [2.75, 3.05) is 0 Å². The molecule has 0 radical (unpaired) electrons. The number of benzene rings is 4. The van der Waals surface area contributed by atoms with E-state index in [1.807, 2.05) is 36.4 Å². The van der Waals surface area contributed by atoms with Gasteiger partial charge in [-0.15, -0.1) is 0 Å². The van der Waals surface area contributed by atoms with Gasteiger partial charge in [0.25, 0.3) is 0 Å². The summed E-state index contributed by atoms with van der Waals surface area (Å²) in [5.74, 6) is -2.29. The zero-order chi connectivity index (χ0) is 33.3. The van der Waals surface area contributed by atoms with Gasteiger partial charge < -0.3 is 0 Å². The van der Waals surface area contributed by atoms with Gasteiger partial charge in [-0.2, -0.15) is 0 Å². The molecule has 0 bridgehead atoms. The molecule has 2 saturated carbocycles. The summed E-state index contributed by atoms with van der Waals surface area (Å²) in [6, 6.07) is 22.4. The van der Waals surface area contributed by atoms with Gasteiger partial charge in [0.1, 0.15) is 0 Å². The van der Waals surface area contributed by atoms with Crippen LogP contribution in [0, 0.1) is 40.9 Å². The zero-order valence-corrected chi connectivity index (χ0v) is 27.7. The molecule has 0 heterocycles. The number of rotatable bonds is 8. The number of hydrogen-bond acceptors (Lipinski definition) is 0. The highest BCUT2D eigenvalue weighted by molar-refractivity contribution is 5.65. The minimum absolute atomic E-state index is 0.365. The van der Waals surface area contributed by atoms with Crippen LogP contribution in [0.15, 0.2) is 78.9 Å². The number of hydrogen-bond donors (Lipinski definition) is 0. The van der Waals surface area contributed by atoms with Crippen LogP contribution < -0.4 is 0 Å². The van der Waals surface area contributed by atoms with Gasteiger partial charge in [0, 0.05) is 0 Å². The maximum Gasteiger partial charge on any atom is 0.194 e. The summed E-state index contributed by atoms with van der Waals surface area (Å²) >= 11 is 0. The summed E-state index contributed by atoms with van der Waals surface area (Å²) in [7, 11) is 0. The molecule has 4 aromatic carbocycles. The highest BCUT2D eigenvalue weighted by atomic mass is 19.2. The second-order valence-corrected chi connectivity index (χ2v) is 13.6. The quantitative estimate of drug-likeness (QED) is 0.132. The van der Waals surface area contributed by atoms with E-state index in [0.29, 0.717) is 23.0 Å². The van der Waals surface area contributed by atoms with E-state index in [-0.39, 0.29) is 0 Å². The highest BCUT2D eigenvalue weighted by Gasteiger charge is 2.23. The third-order valence-electron chi connectivity index (χ3n) is 10.4. The molecule has 5 heteroatoms. The Bertz CT molecular complexity index is 1540. The second kappa shape index (κ2) is 16.6. The maximum atomic E-state index is 13.4. The summed E-state index contributed by atoms with van der Waals surface area (Å²) in [4.78, 5) is 0. The molecule has 0 aliphatic heterocycles. The largest absolute Gasteiger partial charge is 0.204 e. The van der Waals surface area contributed by atoms with Crippen LogP contribution in [0.2, 0.25) is 0 Å². The Morgan fingerprint density at radius 1 is 0.426 bits per heavy atom. The van der Waals surface area contributed by atoms with E-state index >= 15 is 0 Å². The monoisotopic (exact) mass is 646 g/mol. The van der Waals surface area contributed by atoms with Crippen molar-refractivity contribution in [1.29, 1.82) is 0 Å². The summed E-state index contributed by atoms with van der Waals surface area (Å²) in [6.07, 6.45) is 15.5. The normalized spacial score (nSPS) is 21.2. The molecular weight excluding hydrogens is 599 g/mol. The van der Waals surface area contributed by atoms with Gasteiger partial charge in [0.05, 0.1) is 0 Å². The van der Waals surface area contributed by atoms with Crippen LogP contribution in [0.5, 0.6) is 0 Å². The lowest BCUT2D eigenvalue weighted by atomic mass is 9.77. The topological polar surface area (TPSA) is 0 Å². The van der Waals surface area contributed by atoms with Crippen LogP contribution in [0.1, 0.15) is 114 Å². The molecule has 4 aromatic rings. The van der Waals surface area contributed by atoms with Gasteiger partial charge in [-0.3, -0.25) is 0 Å². The van der Waals surface area contributed by atoms with Crippen LogP contribution in [0.3, 0.4) is 0 Å². The van der Waals surface area contributed by atoms with Gasteiger partial charge in [-0.25, -0.2) is 22.0 Å². The van der Waals surface area contributed by atoms with Crippen LogP contribution in [0.4, 0.5) is 22.0 Å². The van der Waals surface area contributed by atoms with Crippen LogP contribution in [0.25, 0.3) is 22.3 Å². The predicted octanol–water partition coefficient (Wildman–Crippen LogP) is 13.6. The first-order valence-electron chi connectivity index (χ1n) is 17.6. The molecule has 0 aromatic heterocycles. The van der Waals surface area contributed by atoms with Gasteiger partial charge in [-0.05, 0) is 133 Å². The smallest absolute Gasteiger partial charge is 0.194 e. The Balaban J connectivity index is 0.000000185. The lowest BCUT2D eigenvalue weighted by Crippen LogP contribution is -2.13. The van der Waals surface area contributed by atoms with Crippen molar-refractivity contribution >= 4 is 0 Å². The SMILES string of the molecule is CCCC1CCC(c2ccc(-c3cc(F)c(F)c(F)c3)cc2)CC1.CCCC1CCC(c2ccc(-c3ccc(F)c(F)c3)cc2)CC1. The molecule has 2 fully saturated rings. The van der Waals surface area contributed by atoms with Crippen molar-refractivity contribution in [2.45, 2.75) is 103 Å². The molecule has 0 N–H and O–H groups in total. The van der Waals surface area contributed by atoms with E-state index in [1.165, 1.54) is 100 Å². The van der Waals surface area contributed by atoms with Crippen molar-refractivity contribution in [3.63, 3.8) is 0 Å². The molecule has 2 aliphatic rings. The van der Waals surface area contributed by atoms with Crippen molar-refractivity contribution in [3.8, 4) is 22.3 Å². The van der Waals surface area contributed by atoms with Crippen molar-refractivity contribution in [3.05, 3.63) is 119 Å². The minimum Gasteiger partial charge on any atom is -0.204 e. The number of halogens is 5. The average molecular weight is 647 g/mol. The maximum absolute atomic E-state index is 13.4. The first-order valence-corrected chi connectivity index (χ1v) is 17.6. The van der Waals surface area contributed by atoms with E-state index in [0.717, 1.165) is 35.1 Å². The van der Waals surface area contributed by atoms with Crippen molar-refractivity contribution < 1.29 is 22.0 Å².